The largest absolute Gasteiger partial charge is 0.368 e. The Morgan fingerprint density at radius 1 is 1.00 bits per heavy atom. The monoisotopic (exact) mass is 262 g/mol. The number of aromatic nitrogens is 3. The molecule has 18 heavy (non-hydrogen) atoms. The molecule has 0 saturated heterocycles. The molecule has 0 atom stereocenters. The van der Waals surface area contributed by atoms with Crippen LogP contribution in [0.1, 0.15) is 29.7 Å². The number of anilines is 1. The van der Waals surface area contributed by atoms with Gasteiger partial charge in [0.15, 0.2) is 0 Å². The number of nitrogens with zero attached hydrogens (tertiary/aromatic N) is 3. The summed E-state index contributed by atoms with van der Waals surface area (Å²) in [6.45, 7) is 2.13. The van der Waals surface area contributed by atoms with Gasteiger partial charge >= 0.3 is 0 Å². The Morgan fingerprint density at radius 2 is 1.61 bits per heavy atom. The molecule has 4 nitrogen and oxygen atoms in total. The number of hydrogen-bond acceptors (Lipinski definition) is 4. The molecule has 0 bridgehead atoms. The fraction of sp³-hybridized carbons (Fsp3) is 0.308. The maximum atomic E-state index is 5.71. The number of benzene rings is 1. The Labute approximate surface area is 111 Å². The van der Waals surface area contributed by atoms with E-state index < -0.39 is 0 Å². The smallest absolute Gasteiger partial charge is 0.223 e. The van der Waals surface area contributed by atoms with E-state index in [9.17, 15) is 0 Å². The summed E-state index contributed by atoms with van der Waals surface area (Å²) in [7, 11) is 0. The number of rotatable bonds is 4. The summed E-state index contributed by atoms with van der Waals surface area (Å²) in [5.41, 5.74) is 8.08. The first-order chi connectivity index (χ1) is 8.71. The summed E-state index contributed by atoms with van der Waals surface area (Å²) in [5, 5.41) is 0. The first-order valence-electron chi connectivity index (χ1n) is 5.84. The standard InChI is InChI=1S/C13H15ClN4/c1-2-9-3-5-10(6-4-9)7-11-16-12(8-14)18-13(15)17-11/h3-6H,2,7-8H2,1H3,(H2,15,16,17,18). The van der Waals surface area contributed by atoms with E-state index in [4.69, 9.17) is 17.3 Å². The van der Waals surface area contributed by atoms with Gasteiger partial charge in [0.1, 0.15) is 11.6 Å². The number of alkyl halides is 1. The highest BCUT2D eigenvalue weighted by Gasteiger charge is 2.04. The Hall–Kier alpha value is -1.68. The van der Waals surface area contributed by atoms with Crippen LogP contribution in [-0.4, -0.2) is 15.0 Å². The molecule has 0 fully saturated rings. The van der Waals surface area contributed by atoms with Crippen LogP contribution in [0.25, 0.3) is 0 Å². The normalized spacial score (nSPS) is 10.6. The van der Waals surface area contributed by atoms with Gasteiger partial charge in [0.05, 0.1) is 5.88 Å². The third-order valence-electron chi connectivity index (χ3n) is 2.66. The van der Waals surface area contributed by atoms with Crippen LogP contribution in [0.3, 0.4) is 0 Å². The van der Waals surface area contributed by atoms with Gasteiger partial charge in [-0.05, 0) is 17.5 Å². The topological polar surface area (TPSA) is 64.7 Å². The molecule has 0 aliphatic rings. The lowest BCUT2D eigenvalue weighted by Crippen LogP contribution is -2.06. The quantitative estimate of drug-likeness (QED) is 0.859. The van der Waals surface area contributed by atoms with Crippen LogP contribution >= 0.6 is 11.6 Å². The summed E-state index contributed by atoms with van der Waals surface area (Å²) in [4.78, 5) is 12.3. The van der Waals surface area contributed by atoms with Crippen LogP contribution in [0.15, 0.2) is 24.3 Å². The highest BCUT2D eigenvalue weighted by atomic mass is 35.5. The lowest BCUT2D eigenvalue weighted by molar-refractivity contribution is 0.880. The zero-order chi connectivity index (χ0) is 13.0. The molecule has 0 saturated carbocycles. The van der Waals surface area contributed by atoms with Crippen LogP contribution < -0.4 is 5.73 Å². The lowest BCUT2D eigenvalue weighted by atomic mass is 10.1. The fourth-order valence-electron chi connectivity index (χ4n) is 1.70. The SMILES string of the molecule is CCc1ccc(Cc2nc(N)nc(CCl)n2)cc1. The second-order valence-electron chi connectivity index (χ2n) is 4.01. The van der Waals surface area contributed by atoms with Crippen LogP contribution in [0, 0.1) is 0 Å². The highest BCUT2D eigenvalue weighted by molar-refractivity contribution is 6.16. The Bertz CT molecular complexity index is 525. The minimum Gasteiger partial charge on any atom is -0.368 e. The molecule has 2 rings (SSSR count). The van der Waals surface area contributed by atoms with Crippen molar-refractivity contribution in [3.8, 4) is 0 Å². The zero-order valence-electron chi connectivity index (χ0n) is 10.2. The van der Waals surface area contributed by atoms with E-state index >= 15 is 0 Å². The number of nitrogens with two attached hydrogens (primary N) is 1. The average Bonchev–Trinajstić information content (AvgIpc) is 2.39. The molecule has 0 radical (unpaired) electrons. The Morgan fingerprint density at radius 3 is 2.22 bits per heavy atom. The van der Waals surface area contributed by atoms with Gasteiger partial charge in [-0.25, -0.2) is 4.98 Å². The van der Waals surface area contributed by atoms with Crippen molar-refractivity contribution in [2.24, 2.45) is 0 Å². The second-order valence-corrected chi connectivity index (χ2v) is 4.27. The van der Waals surface area contributed by atoms with Crippen LogP contribution in [0.4, 0.5) is 5.95 Å². The summed E-state index contributed by atoms with van der Waals surface area (Å²) >= 11 is 5.71. The minimum absolute atomic E-state index is 0.223. The van der Waals surface area contributed by atoms with E-state index in [1.807, 2.05) is 0 Å². The Kier molecular flexibility index (Phi) is 4.10. The molecule has 0 aliphatic carbocycles. The van der Waals surface area contributed by atoms with Crippen molar-refractivity contribution < 1.29 is 0 Å². The van der Waals surface area contributed by atoms with Crippen LogP contribution in [0.5, 0.6) is 0 Å². The Balaban J connectivity index is 2.19. The van der Waals surface area contributed by atoms with Crippen LogP contribution in [0.2, 0.25) is 0 Å². The van der Waals surface area contributed by atoms with E-state index in [0.717, 1.165) is 12.0 Å². The molecule has 0 unspecified atom stereocenters. The molecule has 94 valence electrons. The van der Waals surface area contributed by atoms with Crippen molar-refractivity contribution in [2.75, 3.05) is 5.73 Å². The second kappa shape index (κ2) is 5.78. The maximum absolute atomic E-state index is 5.71. The van der Waals surface area contributed by atoms with E-state index in [-0.39, 0.29) is 11.8 Å². The molecule has 2 aromatic rings. The molecule has 1 aromatic carbocycles. The van der Waals surface area contributed by atoms with Gasteiger partial charge in [0, 0.05) is 6.42 Å². The van der Waals surface area contributed by atoms with E-state index in [1.54, 1.807) is 0 Å². The van der Waals surface area contributed by atoms with Gasteiger partial charge in [-0.1, -0.05) is 31.2 Å². The number of aryl methyl sites for hydroxylation is 1. The van der Waals surface area contributed by atoms with Gasteiger partial charge in [-0.15, -0.1) is 11.6 Å². The van der Waals surface area contributed by atoms with Gasteiger partial charge in [-0.3, -0.25) is 0 Å². The van der Waals surface area contributed by atoms with Gasteiger partial charge in [0.25, 0.3) is 0 Å². The molecule has 0 spiro atoms. The van der Waals surface area contributed by atoms with Gasteiger partial charge in [-0.2, -0.15) is 9.97 Å². The van der Waals surface area contributed by atoms with Crippen LogP contribution in [-0.2, 0) is 18.7 Å². The third kappa shape index (κ3) is 3.17. The van der Waals surface area contributed by atoms with Crippen molar-refractivity contribution >= 4 is 17.5 Å². The predicted octanol–water partition coefficient (Wildman–Crippen LogP) is 2.35. The van der Waals surface area contributed by atoms with Crippen molar-refractivity contribution in [2.45, 2.75) is 25.6 Å². The maximum Gasteiger partial charge on any atom is 0.223 e. The zero-order valence-corrected chi connectivity index (χ0v) is 11.0. The molecule has 1 heterocycles. The third-order valence-corrected chi connectivity index (χ3v) is 2.90. The minimum atomic E-state index is 0.223. The highest BCUT2D eigenvalue weighted by Crippen LogP contribution is 2.10. The summed E-state index contributed by atoms with van der Waals surface area (Å²) < 4.78 is 0. The average molecular weight is 263 g/mol. The number of nitrogen functional groups attached to an aromatic ring is 1. The summed E-state index contributed by atoms with van der Waals surface area (Å²) in [6.07, 6.45) is 1.68. The molecule has 0 aliphatic heterocycles. The van der Waals surface area contributed by atoms with Crippen molar-refractivity contribution in [1.29, 1.82) is 0 Å². The lowest BCUT2D eigenvalue weighted by Gasteiger charge is -2.04. The molecule has 0 amide bonds. The first kappa shape index (κ1) is 12.8. The molecular formula is C13H15ClN4. The first-order valence-corrected chi connectivity index (χ1v) is 6.37. The van der Waals surface area contributed by atoms with Crippen molar-refractivity contribution in [3.63, 3.8) is 0 Å². The molecule has 5 heteroatoms. The van der Waals surface area contributed by atoms with Gasteiger partial charge < -0.3 is 5.73 Å². The summed E-state index contributed by atoms with van der Waals surface area (Å²) in [6, 6.07) is 8.39. The molecule has 1 aromatic heterocycles. The predicted molar refractivity (Wildman–Crippen MR) is 72.4 cm³/mol. The fourth-order valence-corrected chi connectivity index (χ4v) is 1.82. The van der Waals surface area contributed by atoms with Crippen molar-refractivity contribution in [3.05, 3.63) is 47.0 Å². The van der Waals surface area contributed by atoms with E-state index in [0.29, 0.717) is 18.1 Å². The molecule has 2 N–H and O–H groups in total. The van der Waals surface area contributed by atoms with Gasteiger partial charge in [0.2, 0.25) is 5.95 Å². The summed E-state index contributed by atoms with van der Waals surface area (Å²) in [5.74, 6) is 1.64. The van der Waals surface area contributed by atoms with Crippen molar-refractivity contribution in [1.82, 2.24) is 15.0 Å². The number of halogens is 1. The van der Waals surface area contributed by atoms with E-state index in [1.165, 1.54) is 5.56 Å². The molecular weight excluding hydrogens is 248 g/mol. The van der Waals surface area contributed by atoms with E-state index in [2.05, 4.69) is 46.1 Å². The number of hydrogen-bond donors (Lipinski definition) is 1.